The molecule has 3 nitrogen and oxygen atoms in total. The average molecular weight is 237 g/mol. The molecule has 0 saturated heterocycles. The lowest BCUT2D eigenvalue weighted by atomic mass is 10.1. The average Bonchev–Trinajstić information content (AvgIpc) is 2.37. The Bertz CT molecular complexity index is 285. The Labute approximate surface area is 104 Å². The second-order valence-corrected chi connectivity index (χ2v) is 3.92. The van der Waals surface area contributed by atoms with Gasteiger partial charge in [-0.3, -0.25) is 0 Å². The van der Waals surface area contributed by atoms with Gasteiger partial charge in [0.05, 0.1) is 19.8 Å². The zero-order chi connectivity index (χ0) is 12.3. The molecule has 0 atom stereocenters. The van der Waals surface area contributed by atoms with Crippen LogP contribution in [0.25, 0.3) is 0 Å². The van der Waals surface area contributed by atoms with Gasteiger partial charge in [0.1, 0.15) is 0 Å². The largest absolute Gasteiger partial charge is 0.379 e. The van der Waals surface area contributed by atoms with E-state index in [1.807, 2.05) is 14.0 Å². The van der Waals surface area contributed by atoms with Crippen LogP contribution in [0.5, 0.6) is 0 Å². The summed E-state index contributed by atoms with van der Waals surface area (Å²) in [6.07, 6.45) is 1.07. The van der Waals surface area contributed by atoms with Crippen LogP contribution >= 0.6 is 0 Å². The molecule has 0 aliphatic heterocycles. The molecule has 0 heterocycles. The normalized spacial score (nSPS) is 10.7. The maximum absolute atomic E-state index is 5.51. The number of benzene rings is 1. The second-order valence-electron chi connectivity index (χ2n) is 3.92. The highest BCUT2D eigenvalue weighted by Gasteiger charge is 1.95. The molecule has 0 aliphatic carbocycles. The summed E-state index contributed by atoms with van der Waals surface area (Å²) in [5.74, 6) is 0. The first kappa shape index (κ1) is 14.2. The first-order chi connectivity index (χ1) is 8.36. The molecule has 1 aromatic carbocycles. The lowest BCUT2D eigenvalue weighted by molar-refractivity contribution is 0.0453. The minimum Gasteiger partial charge on any atom is -0.379 e. The van der Waals surface area contributed by atoms with Crippen LogP contribution in [-0.4, -0.2) is 33.4 Å². The van der Waals surface area contributed by atoms with Gasteiger partial charge in [-0.1, -0.05) is 24.3 Å². The van der Waals surface area contributed by atoms with Crippen LogP contribution in [0.4, 0.5) is 0 Å². The molecular formula is C14H23NO2. The Morgan fingerprint density at radius 1 is 1.00 bits per heavy atom. The molecule has 0 unspecified atom stereocenters. The number of rotatable bonds is 9. The number of nitrogens with one attached hydrogen (secondary N) is 1. The van der Waals surface area contributed by atoms with Crippen LogP contribution < -0.4 is 5.32 Å². The van der Waals surface area contributed by atoms with Gasteiger partial charge in [-0.2, -0.15) is 0 Å². The molecule has 0 saturated carbocycles. The highest BCUT2D eigenvalue weighted by Crippen LogP contribution is 2.06. The Hall–Kier alpha value is -0.900. The fraction of sp³-hybridized carbons (Fsp3) is 0.571. The summed E-state index contributed by atoms with van der Waals surface area (Å²) in [5, 5.41) is 3.15. The van der Waals surface area contributed by atoms with Gasteiger partial charge < -0.3 is 14.8 Å². The number of likely N-dealkylation sites (N-methyl/N-ethyl adjacent to an activating group) is 1. The lowest BCUT2D eigenvalue weighted by Gasteiger charge is -2.06. The Kier molecular flexibility index (Phi) is 7.63. The maximum atomic E-state index is 5.51. The van der Waals surface area contributed by atoms with E-state index in [4.69, 9.17) is 9.47 Å². The predicted octanol–water partition coefficient (Wildman–Crippen LogP) is 2.00. The third-order valence-corrected chi connectivity index (χ3v) is 2.53. The smallest absolute Gasteiger partial charge is 0.0718 e. The van der Waals surface area contributed by atoms with Crippen molar-refractivity contribution in [3.8, 4) is 0 Å². The SMILES string of the molecule is CCOCCOCc1ccc(CCNC)cc1. The molecule has 0 radical (unpaired) electrons. The molecule has 0 aromatic heterocycles. The first-order valence-corrected chi connectivity index (χ1v) is 6.24. The fourth-order valence-corrected chi connectivity index (χ4v) is 1.52. The monoisotopic (exact) mass is 237 g/mol. The lowest BCUT2D eigenvalue weighted by Crippen LogP contribution is -2.10. The van der Waals surface area contributed by atoms with E-state index in [9.17, 15) is 0 Å². The van der Waals surface area contributed by atoms with E-state index in [0.29, 0.717) is 19.8 Å². The van der Waals surface area contributed by atoms with Gasteiger partial charge in [-0.25, -0.2) is 0 Å². The highest BCUT2D eigenvalue weighted by atomic mass is 16.5. The Balaban J connectivity index is 2.20. The minimum atomic E-state index is 0.662. The van der Waals surface area contributed by atoms with Crippen LogP contribution in [0.2, 0.25) is 0 Å². The Morgan fingerprint density at radius 3 is 2.29 bits per heavy atom. The van der Waals surface area contributed by atoms with Crippen molar-refractivity contribution in [3.63, 3.8) is 0 Å². The molecule has 0 bridgehead atoms. The van der Waals surface area contributed by atoms with Crippen molar-refractivity contribution in [1.82, 2.24) is 5.32 Å². The van der Waals surface area contributed by atoms with Gasteiger partial charge in [0, 0.05) is 6.61 Å². The van der Waals surface area contributed by atoms with Crippen LogP contribution in [0.1, 0.15) is 18.1 Å². The van der Waals surface area contributed by atoms with Gasteiger partial charge in [0.15, 0.2) is 0 Å². The molecule has 1 aromatic rings. The van der Waals surface area contributed by atoms with E-state index in [1.165, 1.54) is 11.1 Å². The van der Waals surface area contributed by atoms with E-state index >= 15 is 0 Å². The van der Waals surface area contributed by atoms with E-state index in [-0.39, 0.29) is 0 Å². The zero-order valence-corrected chi connectivity index (χ0v) is 10.9. The van der Waals surface area contributed by atoms with Crippen molar-refractivity contribution in [2.45, 2.75) is 20.0 Å². The summed E-state index contributed by atoms with van der Waals surface area (Å²) in [4.78, 5) is 0. The summed E-state index contributed by atoms with van der Waals surface area (Å²) in [6, 6.07) is 8.59. The summed E-state index contributed by atoms with van der Waals surface area (Å²) in [6.45, 7) is 5.77. The fourth-order valence-electron chi connectivity index (χ4n) is 1.52. The summed E-state index contributed by atoms with van der Waals surface area (Å²) >= 11 is 0. The summed E-state index contributed by atoms with van der Waals surface area (Å²) in [7, 11) is 1.97. The van der Waals surface area contributed by atoms with Gasteiger partial charge in [0.25, 0.3) is 0 Å². The molecule has 96 valence electrons. The van der Waals surface area contributed by atoms with Crippen molar-refractivity contribution >= 4 is 0 Å². The van der Waals surface area contributed by atoms with E-state index in [2.05, 4.69) is 29.6 Å². The molecule has 17 heavy (non-hydrogen) atoms. The van der Waals surface area contributed by atoms with Gasteiger partial charge in [-0.15, -0.1) is 0 Å². The molecule has 1 N–H and O–H groups in total. The molecular weight excluding hydrogens is 214 g/mol. The quantitative estimate of drug-likeness (QED) is 0.666. The van der Waals surface area contributed by atoms with Crippen molar-refractivity contribution in [2.75, 3.05) is 33.4 Å². The topological polar surface area (TPSA) is 30.5 Å². The van der Waals surface area contributed by atoms with Crippen molar-refractivity contribution in [3.05, 3.63) is 35.4 Å². The van der Waals surface area contributed by atoms with E-state index in [1.54, 1.807) is 0 Å². The third-order valence-electron chi connectivity index (χ3n) is 2.53. The van der Waals surface area contributed by atoms with Crippen LogP contribution in [-0.2, 0) is 22.5 Å². The molecule has 0 fully saturated rings. The van der Waals surface area contributed by atoms with Crippen molar-refractivity contribution in [2.24, 2.45) is 0 Å². The first-order valence-electron chi connectivity index (χ1n) is 6.24. The van der Waals surface area contributed by atoms with Crippen LogP contribution in [0, 0.1) is 0 Å². The van der Waals surface area contributed by atoms with Crippen LogP contribution in [0.3, 0.4) is 0 Å². The predicted molar refractivity (Wildman–Crippen MR) is 70.2 cm³/mol. The van der Waals surface area contributed by atoms with Crippen molar-refractivity contribution < 1.29 is 9.47 Å². The Morgan fingerprint density at radius 2 is 1.65 bits per heavy atom. The van der Waals surface area contributed by atoms with Gasteiger partial charge in [0.2, 0.25) is 0 Å². The summed E-state index contributed by atoms with van der Waals surface area (Å²) in [5.41, 5.74) is 2.58. The zero-order valence-electron chi connectivity index (χ0n) is 10.9. The van der Waals surface area contributed by atoms with Crippen molar-refractivity contribution in [1.29, 1.82) is 0 Å². The standard InChI is InChI=1S/C14H23NO2/c1-3-16-10-11-17-12-14-6-4-13(5-7-14)8-9-15-2/h4-7,15H,3,8-12H2,1-2H3. The number of hydrogen-bond donors (Lipinski definition) is 1. The molecule has 0 amide bonds. The number of hydrogen-bond acceptors (Lipinski definition) is 3. The van der Waals surface area contributed by atoms with Gasteiger partial charge >= 0.3 is 0 Å². The van der Waals surface area contributed by atoms with Gasteiger partial charge in [-0.05, 0) is 38.1 Å². The maximum Gasteiger partial charge on any atom is 0.0718 e. The summed E-state index contributed by atoms with van der Waals surface area (Å²) < 4.78 is 10.7. The van der Waals surface area contributed by atoms with Crippen LogP contribution in [0.15, 0.2) is 24.3 Å². The number of ether oxygens (including phenoxy) is 2. The molecule has 1 rings (SSSR count). The van der Waals surface area contributed by atoms with E-state index in [0.717, 1.165) is 19.6 Å². The molecule has 0 aliphatic rings. The second kappa shape index (κ2) is 9.16. The third kappa shape index (κ3) is 6.41. The molecule has 0 spiro atoms. The highest BCUT2D eigenvalue weighted by molar-refractivity contribution is 5.22. The molecule has 3 heteroatoms. The minimum absolute atomic E-state index is 0.662. The van der Waals surface area contributed by atoms with E-state index < -0.39 is 0 Å².